The fourth-order valence-electron chi connectivity index (χ4n) is 15.7. The van der Waals surface area contributed by atoms with Gasteiger partial charge in [0.15, 0.2) is 0 Å². The number of hydrogen-bond acceptors (Lipinski definition) is 7. The van der Waals surface area contributed by atoms with Gasteiger partial charge >= 0.3 is 0 Å². The summed E-state index contributed by atoms with van der Waals surface area (Å²) in [5, 5.41) is 67.7. The van der Waals surface area contributed by atoms with Crippen molar-refractivity contribution in [1.29, 1.82) is 0 Å². The van der Waals surface area contributed by atoms with Crippen LogP contribution in [-0.2, 0) is 37.7 Å². The molecule has 3 fully saturated rings. The molecule has 0 bridgehead atoms. The highest BCUT2D eigenvalue weighted by Gasteiger charge is 2.43. The highest BCUT2D eigenvalue weighted by molar-refractivity contribution is 5.34. The lowest BCUT2D eigenvalue weighted by Crippen LogP contribution is -2.35. The molecule has 0 heterocycles. The summed E-state index contributed by atoms with van der Waals surface area (Å²) in [5.74, 6) is 1.75. The van der Waals surface area contributed by atoms with Crippen LogP contribution in [-0.4, -0.2) is 35.7 Å². The van der Waals surface area contributed by atoms with Crippen LogP contribution in [0.4, 0.5) is 0 Å². The van der Waals surface area contributed by atoms with Crippen LogP contribution in [0.3, 0.4) is 0 Å². The Hall–Kier alpha value is -8.08. The lowest BCUT2D eigenvalue weighted by Gasteiger charge is -2.46. The van der Waals surface area contributed by atoms with Crippen LogP contribution in [0.25, 0.3) is 0 Å². The van der Waals surface area contributed by atoms with E-state index in [0.29, 0.717) is 11.3 Å². The molecule has 6 atom stereocenters. The maximum atomic E-state index is 10.4. The lowest BCUT2D eigenvalue weighted by atomic mass is 9.61. The van der Waals surface area contributed by atoms with Crippen molar-refractivity contribution >= 4 is 0 Å². The molecule has 10 aromatic carbocycles. The van der Waals surface area contributed by atoms with Gasteiger partial charge in [-0.1, -0.05) is 444 Å². The second kappa shape index (κ2) is 54.0. The number of aliphatic hydroxyl groups is 7. The third-order valence-electron chi connectivity index (χ3n) is 22.9. The number of rotatable bonds is 17. The molecule has 7 heteroatoms. The highest BCUT2D eigenvalue weighted by atomic mass is 16.3. The molecule has 620 valence electrons. The van der Waals surface area contributed by atoms with Crippen LogP contribution in [0.5, 0.6) is 0 Å². The smallest absolute Gasteiger partial charge is 0.0846 e. The average molecular weight is 1560 g/mol. The van der Waals surface area contributed by atoms with E-state index in [1.165, 1.54) is 145 Å². The first kappa shape index (κ1) is 95.8. The average Bonchev–Trinajstić information content (AvgIpc) is 1.55. The lowest BCUT2D eigenvalue weighted by molar-refractivity contribution is -0.0440. The molecule has 5 aliphatic carbocycles. The molecule has 10 aromatic rings. The zero-order chi connectivity index (χ0) is 83.0. The number of unbranched alkanes of at least 4 members (excludes halogenated alkanes) is 2. The molecule has 7 N–H and O–H groups in total. The van der Waals surface area contributed by atoms with Crippen molar-refractivity contribution in [3.63, 3.8) is 0 Å². The Morgan fingerprint density at radius 1 is 0.391 bits per heavy atom. The Morgan fingerprint density at radius 2 is 0.809 bits per heavy atom. The summed E-state index contributed by atoms with van der Waals surface area (Å²) in [6.45, 7) is 21.3. The summed E-state index contributed by atoms with van der Waals surface area (Å²) >= 11 is 0. The first-order valence-electron chi connectivity index (χ1n) is 43.8. The largest absolute Gasteiger partial charge is 0.392 e. The van der Waals surface area contributed by atoms with Gasteiger partial charge in [0.2, 0.25) is 0 Å². The molecule has 6 unspecified atom stereocenters. The minimum atomic E-state index is -0.376. The fourth-order valence-corrected chi connectivity index (χ4v) is 15.7. The van der Waals surface area contributed by atoms with Crippen molar-refractivity contribution < 1.29 is 35.7 Å². The third-order valence-corrected chi connectivity index (χ3v) is 22.9. The van der Waals surface area contributed by atoms with Crippen molar-refractivity contribution in [3.05, 3.63) is 358 Å². The van der Waals surface area contributed by atoms with Gasteiger partial charge in [0.05, 0.1) is 43.2 Å². The molecule has 0 aliphatic heterocycles. The molecule has 7 nitrogen and oxygen atoms in total. The maximum Gasteiger partial charge on any atom is 0.0846 e. The minimum Gasteiger partial charge on any atom is -0.392 e. The van der Waals surface area contributed by atoms with Crippen LogP contribution in [0.1, 0.15) is 307 Å². The van der Waals surface area contributed by atoms with E-state index in [1.54, 1.807) is 11.1 Å². The second-order valence-electron chi connectivity index (χ2n) is 34.6. The number of hydrogen-bond donors (Lipinski definition) is 7. The second-order valence-corrected chi connectivity index (χ2v) is 34.6. The van der Waals surface area contributed by atoms with E-state index >= 15 is 0 Å². The van der Waals surface area contributed by atoms with E-state index < -0.39 is 0 Å². The van der Waals surface area contributed by atoms with Gasteiger partial charge in [0.1, 0.15) is 0 Å². The summed E-state index contributed by atoms with van der Waals surface area (Å²) in [4.78, 5) is 0. The van der Waals surface area contributed by atoms with Crippen molar-refractivity contribution in [2.75, 3.05) is 0 Å². The molecule has 0 saturated heterocycles. The van der Waals surface area contributed by atoms with Crippen LogP contribution in [0.15, 0.2) is 291 Å². The first-order valence-corrected chi connectivity index (χ1v) is 43.8. The molecule has 115 heavy (non-hydrogen) atoms. The van der Waals surface area contributed by atoms with E-state index in [1.807, 2.05) is 235 Å². The molecule has 3 saturated carbocycles. The fraction of sp³-hybridized carbons (Fsp3) is 0.444. The Labute approximate surface area is 696 Å². The standard InChI is InChI=1S/C14H20O.C13H18O.C13H18.C12H18O.C11H16O.C10H14O.C10H14.C9H10O.C9H10.C7H8O/c1-2-9-14(10-6-11-14)13(15)12-7-4-3-5-8-12;14-13(11-7-3-1-4-8-11)12-9-5-2-6-10-12;1-3-7-12(8-4-1)11-13-9-5-2-6-10-13;1-2-3-5-10-12(13)11-8-6-4-7-9-11;1-11(2,3)10(12)9-7-5-4-6-8-9;1-8(2)10(11)9-6-4-3-5-7-9;1-10(2,3)9-7-5-4-6-8-9;10-9-6-5-7-3-1-2-4-8(7)9;1-2-5-9-7-3-6-8(9)4-1;8-6-7-4-2-1-3-5-7/h3-5,7-8,13,15H,2,6,9-11H2,1H3;1,3-4,7-8,12-14H,2,5-6,9-10H2;1,3-4,7-8,13H,2,5-6,9-11H2;4,6-9,12-13H,2-3,5,10H2,1H3;4-8,10,12H,1-3H3;3-8,10-11H,1-2H3;4-8H,1-3H3;1-4,9-10H,5-6H2;1-2,4-5H,3,6-7H2;1-5,8H,6H2. The van der Waals surface area contributed by atoms with E-state index in [2.05, 4.69) is 126 Å². The van der Waals surface area contributed by atoms with Crippen LogP contribution in [0, 0.1) is 28.6 Å². The van der Waals surface area contributed by atoms with Crippen molar-refractivity contribution in [2.24, 2.45) is 28.6 Å². The van der Waals surface area contributed by atoms with E-state index in [0.717, 1.165) is 77.0 Å². The molecule has 0 spiro atoms. The van der Waals surface area contributed by atoms with E-state index in [-0.39, 0.29) is 60.0 Å². The Kier molecular flexibility index (Phi) is 45.0. The Morgan fingerprint density at radius 3 is 1.23 bits per heavy atom. The molecule has 15 rings (SSSR count). The number of benzene rings is 10. The molecule has 0 aromatic heterocycles. The Bertz CT molecular complexity index is 3970. The van der Waals surface area contributed by atoms with E-state index in [9.17, 15) is 30.6 Å². The molecular formula is C108H146O7. The van der Waals surface area contributed by atoms with Crippen molar-refractivity contribution in [3.8, 4) is 0 Å². The van der Waals surface area contributed by atoms with E-state index in [4.69, 9.17) is 5.11 Å². The topological polar surface area (TPSA) is 142 Å². The predicted molar refractivity (Wildman–Crippen MR) is 486 cm³/mol. The summed E-state index contributed by atoms with van der Waals surface area (Å²) < 4.78 is 0. The SMILES string of the molecule is CC(C)(C)C(O)c1ccccc1.CC(C)(C)c1ccccc1.CC(C)C(O)c1ccccc1.CCCC1(C(O)c2ccccc2)CCC1.CCCCCC(O)c1ccccc1.OC(c1ccccc1)C1CCCCC1.OC1CCc2ccccc21.OCc1ccccc1.c1ccc(CC2CCCCC2)cc1.c1ccc2c(c1)CCC2. The molecule has 0 amide bonds. The third kappa shape index (κ3) is 36.1. The minimum absolute atomic E-state index is 0.0820. The number of aliphatic hydroxyl groups excluding tert-OH is 7. The zero-order valence-electron chi connectivity index (χ0n) is 71.9. The summed E-state index contributed by atoms with van der Waals surface area (Å²) in [6, 6.07) is 97.4. The van der Waals surface area contributed by atoms with Gasteiger partial charge in [-0.3, -0.25) is 0 Å². The summed E-state index contributed by atoms with van der Waals surface area (Å²) in [7, 11) is 0. The molecule has 5 aliphatic rings. The maximum absolute atomic E-state index is 10.4. The van der Waals surface area contributed by atoms with Crippen molar-refractivity contribution in [2.45, 2.75) is 278 Å². The summed E-state index contributed by atoms with van der Waals surface area (Å²) in [5.41, 5.74) is 15.1. The van der Waals surface area contributed by atoms with Gasteiger partial charge in [-0.15, -0.1) is 0 Å². The quantitative estimate of drug-likeness (QED) is 0.0450. The van der Waals surface area contributed by atoms with Gasteiger partial charge in [-0.2, -0.15) is 0 Å². The van der Waals surface area contributed by atoms with Gasteiger partial charge in [0, 0.05) is 5.41 Å². The normalized spacial score (nSPS) is 16.4. The van der Waals surface area contributed by atoms with Crippen LogP contribution < -0.4 is 0 Å². The summed E-state index contributed by atoms with van der Waals surface area (Å²) in [6.07, 6.45) is 29.5. The number of aryl methyl sites for hydroxylation is 3. The predicted octanol–water partition coefficient (Wildman–Crippen LogP) is 27.2. The van der Waals surface area contributed by atoms with Gasteiger partial charge < -0.3 is 35.7 Å². The monoisotopic (exact) mass is 1560 g/mol. The first-order chi connectivity index (χ1) is 55.6. The molecule has 0 radical (unpaired) electrons. The highest BCUT2D eigenvalue weighted by Crippen LogP contribution is 2.53. The zero-order valence-corrected chi connectivity index (χ0v) is 71.9. The van der Waals surface area contributed by atoms with Gasteiger partial charge in [-0.05, 0) is 172 Å². The van der Waals surface area contributed by atoms with Crippen LogP contribution in [0.2, 0.25) is 0 Å². The van der Waals surface area contributed by atoms with Crippen LogP contribution >= 0.6 is 0 Å². The van der Waals surface area contributed by atoms with Gasteiger partial charge in [-0.25, -0.2) is 0 Å². The van der Waals surface area contributed by atoms with Gasteiger partial charge in [0.25, 0.3) is 0 Å². The molecular weight excluding hydrogens is 1410 g/mol. The Balaban J connectivity index is 0.000000200. The number of fused-ring (bicyclic) bond motifs is 2. The van der Waals surface area contributed by atoms with Crippen molar-refractivity contribution in [1.82, 2.24) is 0 Å².